The summed E-state index contributed by atoms with van der Waals surface area (Å²) in [6.45, 7) is 1.34. The SMILES string of the molecule is CC(Oc1ccc(C(C)NC(=O)c2c3n(c(=O)n2-c2ccc(OCC(F)(F)F)cc2)CCN(C(=O)c2ccc(Br)c(Cl)c2)C3)c(F)c1)C(N)=O. The Morgan fingerprint density at radius 3 is 2.32 bits per heavy atom. The van der Waals surface area contributed by atoms with Gasteiger partial charge in [-0.1, -0.05) is 17.7 Å². The van der Waals surface area contributed by atoms with Gasteiger partial charge in [0.1, 0.15) is 23.0 Å². The Labute approximate surface area is 295 Å². The van der Waals surface area contributed by atoms with Crippen LogP contribution in [0.1, 0.15) is 52.0 Å². The number of benzene rings is 3. The first-order valence-corrected chi connectivity index (χ1v) is 16.2. The summed E-state index contributed by atoms with van der Waals surface area (Å²) in [5.41, 5.74) is 5.02. The maximum Gasteiger partial charge on any atom is 0.422 e. The van der Waals surface area contributed by atoms with Crippen LogP contribution >= 0.6 is 27.5 Å². The maximum absolute atomic E-state index is 15.2. The highest BCUT2D eigenvalue weighted by atomic mass is 79.9. The second kappa shape index (κ2) is 14.6. The fourth-order valence-corrected chi connectivity index (χ4v) is 5.74. The molecular formula is C33H29BrClF4N5O6. The van der Waals surface area contributed by atoms with E-state index in [-0.39, 0.29) is 59.3 Å². The first-order valence-electron chi connectivity index (χ1n) is 15.0. The number of carbonyl (C=O) groups is 3. The minimum atomic E-state index is -4.57. The number of fused-ring (bicyclic) bond motifs is 1. The first kappa shape index (κ1) is 36.5. The van der Waals surface area contributed by atoms with E-state index < -0.39 is 54.2 Å². The van der Waals surface area contributed by atoms with Crippen molar-refractivity contribution in [1.29, 1.82) is 0 Å². The molecule has 3 aromatic carbocycles. The predicted octanol–water partition coefficient (Wildman–Crippen LogP) is 5.53. The molecule has 3 N–H and O–H groups in total. The molecular weight excluding hydrogens is 754 g/mol. The van der Waals surface area contributed by atoms with Gasteiger partial charge in [-0.05, 0) is 78.3 Å². The molecule has 0 fully saturated rings. The smallest absolute Gasteiger partial charge is 0.422 e. The molecule has 17 heteroatoms. The van der Waals surface area contributed by atoms with Gasteiger partial charge in [-0.25, -0.2) is 9.18 Å². The second-order valence-corrected chi connectivity index (χ2v) is 12.6. The number of primary amides is 1. The first-order chi connectivity index (χ1) is 23.5. The van der Waals surface area contributed by atoms with E-state index in [4.69, 9.17) is 26.8 Å². The molecule has 4 aromatic rings. The maximum atomic E-state index is 15.2. The third-order valence-corrected chi connectivity index (χ3v) is 9.08. The van der Waals surface area contributed by atoms with Crippen LogP contribution in [-0.2, 0) is 17.9 Å². The van der Waals surface area contributed by atoms with Crippen molar-refractivity contribution in [3.05, 3.63) is 109 Å². The minimum Gasteiger partial charge on any atom is -0.484 e. The number of alkyl halides is 3. The predicted molar refractivity (Wildman–Crippen MR) is 177 cm³/mol. The number of nitrogens with one attached hydrogen (secondary N) is 1. The molecule has 264 valence electrons. The largest absolute Gasteiger partial charge is 0.484 e. The van der Waals surface area contributed by atoms with Crippen LogP contribution in [0.15, 0.2) is 69.9 Å². The number of ether oxygens (including phenoxy) is 2. The Hall–Kier alpha value is -4.83. The van der Waals surface area contributed by atoms with E-state index in [1.807, 2.05) is 0 Å². The zero-order valence-corrected chi connectivity index (χ0v) is 28.7. The van der Waals surface area contributed by atoms with Crippen molar-refractivity contribution in [3.8, 4) is 17.2 Å². The Morgan fingerprint density at radius 2 is 1.70 bits per heavy atom. The summed E-state index contributed by atoms with van der Waals surface area (Å²) in [5.74, 6) is -2.81. The molecule has 3 amide bonds. The number of imidazole rings is 1. The molecule has 5 rings (SSSR count). The monoisotopic (exact) mass is 781 g/mol. The van der Waals surface area contributed by atoms with E-state index in [9.17, 15) is 32.3 Å². The second-order valence-electron chi connectivity index (χ2n) is 11.4. The Bertz CT molecular complexity index is 2020. The zero-order valence-electron chi connectivity index (χ0n) is 26.4. The summed E-state index contributed by atoms with van der Waals surface area (Å²) in [6.07, 6.45) is -5.59. The zero-order chi connectivity index (χ0) is 36.5. The average molecular weight is 783 g/mol. The minimum absolute atomic E-state index is 0.0135. The van der Waals surface area contributed by atoms with Crippen LogP contribution in [-0.4, -0.2) is 57.2 Å². The number of rotatable bonds is 10. The van der Waals surface area contributed by atoms with Crippen molar-refractivity contribution in [2.45, 2.75) is 45.3 Å². The fourth-order valence-electron chi connectivity index (χ4n) is 5.31. The van der Waals surface area contributed by atoms with Crippen LogP contribution in [0.4, 0.5) is 17.6 Å². The number of aromatic nitrogens is 2. The van der Waals surface area contributed by atoms with Gasteiger partial charge in [-0.15, -0.1) is 0 Å². The van der Waals surface area contributed by atoms with Crippen LogP contribution in [0.5, 0.6) is 11.5 Å². The highest BCUT2D eigenvalue weighted by Gasteiger charge is 2.33. The van der Waals surface area contributed by atoms with E-state index >= 15 is 4.39 Å². The Balaban J connectivity index is 1.50. The lowest BCUT2D eigenvalue weighted by Gasteiger charge is -2.28. The molecule has 0 aliphatic carbocycles. The number of hydrogen-bond acceptors (Lipinski definition) is 6. The molecule has 1 aliphatic heterocycles. The van der Waals surface area contributed by atoms with Crippen LogP contribution in [0, 0.1) is 5.82 Å². The molecule has 2 atom stereocenters. The van der Waals surface area contributed by atoms with Crippen LogP contribution in [0.2, 0.25) is 5.02 Å². The van der Waals surface area contributed by atoms with Gasteiger partial charge >= 0.3 is 11.9 Å². The van der Waals surface area contributed by atoms with Crippen molar-refractivity contribution in [2.24, 2.45) is 5.73 Å². The molecule has 1 aliphatic rings. The van der Waals surface area contributed by atoms with E-state index in [1.165, 1.54) is 65.8 Å². The van der Waals surface area contributed by atoms with Crippen LogP contribution < -0.4 is 26.2 Å². The van der Waals surface area contributed by atoms with Gasteiger partial charge in [0.15, 0.2) is 12.7 Å². The van der Waals surface area contributed by atoms with Gasteiger partial charge < -0.3 is 25.4 Å². The fraction of sp³-hybridized carbons (Fsp3) is 0.273. The number of carbonyl (C=O) groups excluding carboxylic acids is 3. The summed E-state index contributed by atoms with van der Waals surface area (Å²) in [5, 5.41) is 3.01. The average Bonchev–Trinajstić information content (AvgIpc) is 3.35. The van der Waals surface area contributed by atoms with Gasteiger partial charge in [-0.3, -0.25) is 23.5 Å². The van der Waals surface area contributed by atoms with Crippen molar-refractivity contribution in [3.63, 3.8) is 0 Å². The van der Waals surface area contributed by atoms with Gasteiger partial charge in [0.25, 0.3) is 17.7 Å². The summed E-state index contributed by atoms with van der Waals surface area (Å²) in [6, 6.07) is 12.6. The standard InChI is InChI=1S/C33H29BrClF4N5O6/c1-17(23-9-8-22(14-26(23)36)50-18(2)29(40)45)41-30(46)28-27-15-42(31(47)19-3-10-24(34)25(35)13-19)11-12-43(27)32(48)44(28)20-4-6-21(7-5-20)49-16-33(37,38)39/h3-10,13-14,17-18H,11-12,15-16H2,1-2H3,(H2,40,45)(H,41,46). The van der Waals surface area contributed by atoms with E-state index in [1.54, 1.807) is 12.1 Å². The molecule has 0 saturated carbocycles. The topological polar surface area (TPSA) is 138 Å². The number of hydrogen-bond donors (Lipinski definition) is 2. The van der Waals surface area contributed by atoms with Crippen LogP contribution in [0.3, 0.4) is 0 Å². The summed E-state index contributed by atoms with van der Waals surface area (Å²) in [7, 11) is 0. The highest BCUT2D eigenvalue weighted by Crippen LogP contribution is 2.28. The summed E-state index contributed by atoms with van der Waals surface area (Å²) in [4.78, 5) is 54.2. The van der Waals surface area contributed by atoms with Crippen molar-refractivity contribution in [1.82, 2.24) is 19.4 Å². The third kappa shape index (κ3) is 7.97. The quantitative estimate of drug-likeness (QED) is 0.203. The molecule has 1 aromatic heterocycles. The van der Waals surface area contributed by atoms with E-state index in [0.29, 0.717) is 9.50 Å². The van der Waals surface area contributed by atoms with Gasteiger partial charge in [0.05, 0.1) is 29.0 Å². The lowest BCUT2D eigenvalue weighted by Crippen LogP contribution is -2.41. The molecule has 11 nitrogen and oxygen atoms in total. The van der Waals surface area contributed by atoms with E-state index in [0.717, 1.165) is 10.6 Å². The molecule has 0 radical (unpaired) electrons. The molecule has 0 bridgehead atoms. The third-order valence-electron chi connectivity index (χ3n) is 7.84. The molecule has 0 saturated heterocycles. The van der Waals surface area contributed by atoms with Crippen molar-refractivity contribution >= 4 is 45.3 Å². The number of nitrogens with zero attached hydrogens (tertiary/aromatic N) is 3. The van der Waals surface area contributed by atoms with Gasteiger partial charge in [0.2, 0.25) is 0 Å². The molecule has 0 spiro atoms. The number of nitrogens with two attached hydrogens (primary N) is 1. The summed E-state index contributed by atoms with van der Waals surface area (Å²) >= 11 is 9.50. The molecule has 2 heterocycles. The van der Waals surface area contributed by atoms with Crippen molar-refractivity contribution in [2.75, 3.05) is 13.2 Å². The number of halogens is 6. The lowest BCUT2D eigenvalue weighted by atomic mass is 10.1. The van der Waals surface area contributed by atoms with Gasteiger partial charge in [0, 0.05) is 34.8 Å². The molecule has 50 heavy (non-hydrogen) atoms. The highest BCUT2D eigenvalue weighted by molar-refractivity contribution is 9.10. The summed E-state index contributed by atoms with van der Waals surface area (Å²) < 4.78 is 66.4. The van der Waals surface area contributed by atoms with Crippen LogP contribution in [0.25, 0.3) is 5.69 Å². The van der Waals surface area contributed by atoms with Crippen molar-refractivity contribution < 1.29 is 41.4 Å². The Morgan fingerprint density at radius 1 is 1.02 bits per heavy atom. The normalized spacial score (nSPS) is 14.0. The lowest BCUT2D eigenvalue weighted by molar-refractivity contribution is -0.153. The van der Waals surface area contributed by atoms with E-state index in [2.05, 4.69) is 21.2 Å². The number of amides is 3. The van der Waals surface area contributed by atoms with Gasteiger partial charge in [-0.2, -0.15) is 13.2 Å². The molecule has 2 unspecified atom stereocenters. The Kier molecular flexibility index (Phi) is 10.6.